The molecule has 1 aromatic rings. The summed E-state index contributed by atoms with van der Waals surface area (Å²) in [5, 5.41) is -0.622. The van der Waals surface area contributed by atoms with Gasteiger partial charge in [0.25, 0.3) is 0 Å². The van der Waals surface area contributed by atoms with Gasteiger partial charge in [0.1, 0.15) is 0 Å². The largest absolute Gasteiger partial charge is 0.417 e. The molecule has 1 aromatic carbocycles. The van der Waals surface area contributed by atoms with Crippen molar-refractivity contribution in [3.63, 3.8) is 0 Å². The van der Waals surface area contributed by atoms with E-state index in [2.05, 4.69) is 6.92 Å². The molecule has 0 aliphatic rings. The highest BCUT2D eigenvalue weighted by Gasteiger charge is 2.34. The first kappa shape index (κ1) is 10.7. The van der Waals surface area contributed by atoms with Crippen molar-refractivity contribution in [1.82, 2.24) is 0 Å². The third-order valence-electron chi connectivity index (χ3n) is 1.39. The molecule has 0 N–H and O–H groups in total. The summed E-state index contributed by atoms with van der Waals surface area (Å²) < 4.78 is 36.7. The Labute approximate surface area is 83.3 Å². The molecule has 0 bridgehead atoms. The maximum absolute atomic E-state index is 12.2. The van der Waals surface area contributed by atoms with E-state index in [-0.39, 0.29) is 10.6 Å². The summed E-state index contributed by atoms with van der Waals surface area (Å²) in [7, 11) is 0. The first-order chi connectivity index (χ1) is 5.82. The topological polar surface area (TPSA) is 0 Å². The SMILES string of the molecule is [CH2]c1cc(Cl)c(Cl)c(C(F)(F)F)c1. The average molecular weight is 228 g/mol. The van der Waals surface area contributed by atoms with E-state index >= 15 is 0 Å². The van der Waals surface area contributed by atoms with E-state index in [1.807, 2.05) is 0 Å². The van der Waals surface area contributed by atoms with Gasteiger partial charge in [-0.2, -0.15) is 13.2 Å². The third-order valence-corrected chi connectivity index (χ3v) is 2.20. The van der Waals surface area contributed by atoms with E-state index in [0.29, 0.717) is 0 Å². The van der Waals surface area contributed by atoms with Crippen molar-refractivity contribution >= 4 is 23.2 Å². The first-order valence-corrected chi connectivity index (χ1v) is 3.96. The van der Waals surface area contributed by atoms with Gasteiger partial charge in [-0.15, -0.1) is 0 Å². The fraction of sp³-hybridized carbons (Fsp3) is 0.125. The molecule has 0 amide bonds. The second-order valence-electron chi connectivity index (χ2n) is 2.44. The van der Waals surface area contributed by atoms with Gasteiger partial charge in [0.2, 0.25) is 0 Å². The molecule has 71 valence electrons. The van der Waals surface area contributed by atoms with E-state index in [0.717, 1.165) is 6.07 Å². The number of alkyl halides is 3. The van der Waals surface area contributed by atoms with E-state index < -0.39 is 16.8 Å². The summed E-state index contributed by atoms with van der Waals surface area (Å²) in [6.07, 6.45) is -4.49. The lowest BCUT2D eigenvalue weighted by molar-refractivity contribution is -0.137. The Morgan fingerprint density at radius 1 is 1.15 bits per heavy atom. The maximum Gasteiger partial charge on any atom is 0.417 e. The third kappa shape index (κ3) is 2.29. The molecule has 0 aliphatic heterocycles. The van der Waals surface area contributed by atoms with Gasteiger partial charge in [-0.05, 0) is 24.6 Å². The van der Waals surface area contributed by atoms with E-state index in [4.69, 9.17) is 23.2 Å². The molecule has 0 spiro atoms. The van der Waals surface area contributed by atoms with Crippen LogP contribution in [0.2, 0.25) is 10.0 Å². The van der Waals surface area contributed by atoms with Crippen LogP contribution in [0.4, 0.5) is 13.2 Å². The van der Waals surface area contributed by atoms with E-state index in [9.17, 15) is 13.2 Å². The van der Waals surface area contributed by atoms with Crippen LogP contribution >= 0.6 is 23.2 Å². The summed E-state index contributed by atoms with van der Waals surface area (Å²) in [6, 6.07) is 2.13. The molecule has 0 fully saturated rings. The molecule has 0 aliphatic carbocycles. The fourth-order valence-corrected chi connectivity index (χ4v) is 1.31. The Bertz CT molecular complexity index is 331. The summed E-state index contributed by atoms with van der Waals surface area (Å²) in [6.45, 7) is 3.35. The lowest BCUT2D eigenvalue weighted by Gasteiger charge is -2.10. The molecule has 0 heterocycles. The second kappa shape index (κ2) is 3.39. The smallest absolute Gasteiger partial charge is 0.166 e. The highest BCUT2D eigenvalue weighted by molar-refractivity contribution is 6.42. The van der Waals surface area contributed by atoms with Crippen LogP contribution < -0.4 is 0 Å². The van der Waals surface area contributed by atoms with Crippen LogP contribution in [0, 0.1) is 6.92 Å². The number of halogens is 5. The van der Waals surface area contributed by atoms with Gasteiger partial charge in [0, 0.05) is 0 Å². The lowest BCUT2D eigenvalue weighted by Crippen LogP contribution is -2.06. The summed E-state index contributed by atoms with van der Waals surface area (Å²) in [5.74, 6) is 0. The minimum Gasteiger partial charge on any atom is -0.166 e. The van der Waals surface area contributed by atoms with Crippen LogP contribution in [0.15, 0.2) is 12.1 Å². The van der Waals surface area contributed by atoms with Crippen molar-refractivity contribution in [2.45, 2.75) is 6.18 Å². The summed E-state index contributed by atoms with van der Waals surface area (Å²) >= 11 is 10.8. The van der Waals surface area contributed by atoms with Crippen molar-refractivity contribution in [1.29, 1.82) is 0 Å². The molecule has 5 heteroatoms. The second-order valence-corrected chi connectivity index (χ2v) is 3.22. The van der Waals surface area contributed by atoms with Gasteiger partial charge in [0.05, 0.1) is 15.6 Å². The van der Waals surface area contributed by atoms with Gasteiger partial charge in [0.15, 0.2) is 0 Å². The van der Waals surface area contributed by atoms with Crippen molar-refractivity contribution in [2.75, 3.05) is 0 Å². The number of rotatable bonds is 0. The van der Waals surface area contributed by atoms with E-state index in [1.165, 1.54) is 6.07 Å². The molecule has 0 saturated carbocycles. The number of hydrogen-bond donors (Lipinski definition) is 0. The maximum atomic E-state index is 12.2. The van der Waals surface area contributed by atoms with Gasteiger partial charge >= 0.3 is 6.18 Å². The molecule has 0 nitrogen and oxygen atoms in total. The molecule has 13 heavy (non-hydrogen) atoms. The minimum atomic E-state index is -4.49. The number of benzene rings is 1. The number of hydrogen-bond acceptors (Lipinski definition) is 0. The Hall–Kier alpha value is -0.410. The van der Waals surface area contributed by atoms with Crippen LogP contribution in [0.1, 0.15) is 11.1 Å². The monoisotopic (exact) mass is 227 g/mol. The zero-order valence-electron chi connectivity index (χ0n) is 6.25. The molecule has 0 atom stereocenters. The van der Waals surface area contributed by atoms with Crippen LogP contribution in [0.25, 0.3) is 0 Å². The Morgan fingerprint density at radius 2 is 1.69 bits per heavy atom. The minimum absolute atomic E-state index is 0.138. The van der Waals surface area contributed by atoms with Gasteiger partial charge in [-0.25, -0.2) is 0 Å². The van der Waals surface area contributed by atoms with E-state index in [1.54, 1.807) is 0 Å². The van der Waals surface area contributed by atoms with Crippen molar-refractivity contribution < 1.29 is 13.2 Å². The van der Waals surface area contributed by atoms with Gasteiger partial charge < -0.3 is 0 Å². The van der Waals surface area contributed by atoms with Crippen LogP contribution in [-0.4, -0.2) is 0 Å². The van der Waals surface area contributed by atoms with Crippen molar-refractivity contribution in [2.24, 2.45) is 0 Å². The highest BCUT2D eigenvalue weighted by atomic mass is 35.5. The Kier molecular flexibility index (Phi) is 2.78. The van der Waals surface area contributed by atoms with Crippen molar-refractivity contribution in [3.05, 3.63) is 40.2 Å². The lowest BCUT2D eigenvalue weighted by atomic mass is 10.1. The molecular weight excluding hydrogens is 224 g/mol. The zero-order chi connectivity index (χ0) is 10.2. The van der Waals surface area contributed by atoms with Gasteiger partial charge in [-0.3, -0.25) is 0 Å². The predicted octanol–water partition coefficient (Wildman–Crippen LogP) is 4.19. The molecule has 0 aromatic heterocycles. The summed E-state index contributed by atoms with van der Waals surface area (Å²) in [5.41, 5.74) is -0.770. The van der Waals surface area contributed by atoms with Crippen LogP contribution in [-0.2, 0) is 6.18 Å². The molecule has 0 saturated heterocycles. The summed E-state index contributed by atoms with van der Waals surface area (Å²) in [4.78, 5) is 0. The zero-order valence-corrected chi connectivity index (χ0v) is 7.76. The molecule has 1 rings (SSSR count). The fourth-order valence-electron chi connectivity index (χ4n) is 0.851. The molecule has 0 unspecified atom stereocenters. The first-order valence-electron chi connectivity index (χ1n) is 3.20. The Morgan fingerprint density at radius 3 is 2.15 bits per heavy atom. The average Bonchev–Trinajstić information content (AvgIpc) is 1.94. The standard InChI is InChI=1S/C8H4Cl2F3/c1-4-2-5(8(11,12)13)7(10)6(9)3-4/h2-3H,1H2. The highest BCUT2D eigenvalue weighted by Crippen LogP contribution is 2.38. The molecular formula is C8H4Cl2F3. The quantitative estimate of drug-likeness (QED) is 0.624. The normalized spacial score (nSPS) is 11.8. The van der Waals surface area contributed by atoms with Crippen LogP contribution in [0.3, 0.4) is 0 Å². The van der Waals surface area contributed by atoms with Gasteiger partial charge in [-0.1, -0.05) is 23.2 Å². The van der Waals surface area contributed by atoms with Crippen LogP contribution in [0.5, 0.6) is 0 Å². The predicted molar refractivity (Wildman–Crippen MR) is 45.9 cm³/mol. The molecule has 1 radical (unpaired) electrons. The van der Waals surface area contributed by atoms with Crippen molar-refractivity contribution in [3.8, 4) is 0 Å². The Balaban J connectivity index is 3.37.